The van der Waals surface area contributed by atoms with Gasteiger partial charge in [0.15, 0.2) is 5.82 Å². The Labute approximate surface area is 149 Å². The lowest BCUT2D eigenvalue weighted by molar-refractivity contribution is -0.136. The molecule has 0 radical (unpaired) electrons. The summed E-state index contributed by atoms with van der Waals surface area (Å²) >= 11 is 0. The Morgan fingerprint density at radius 1 is 1.00 bits per heavy atom. The van der Waals surface area contributed by atoms with Gasteiger partial charge in [-0.15, -0.1) is 0 Å². The number of hydrogen-bond donors (Lipinski definition) is 0. The molecule has 2 aromatic rings. The maximum atomic E-state index is 12.8. The highest BCUT2D eigenvalue weighted by atomic mass is 16.2. The van der Waals surface area contributed by atoms with E-state index in [1.165, 1.54) is 12.8 Å². The van der Waals surface area contributed by atoms with E-state index in [4.69, 9.17) is 4.98 Å². The molecular weight excluding hydrogens is 310 g/mol. The first-order valence-corrected chi connectivity index (χ1v) is 9.48. The van der Waals surface area contributed by atoms with Crippen molar-refractivity contribution in [2.45, 2.75) is 44.4 Å². The van der Waals surface area contributed by atoms with E-state index in [1.54, 1.807) is 0 Å². The van der Waals surface area contributed by atoms with Gasteiger partial charge in [-0.05, 0) is 31.7 Å². The number of piperidine rings is 1. The van der Waals surface area contributed by atoms with Crippen LogP contribution in [-0.4, -0.2) is 33.9 Å². The summed E-state index contributed by atoms with van der Waals surface area (Å²) in [5.74, 6) is 1.74. The predicted molar refractivity (Wildman–Crippen MR) is 98.0 cm³/mol. The molecule has 1 atom stereocenters. The zero-order valence-electron chi connectivity index (χ0n) is 14.6. The third kappa shape index (κ3) is 3.58. The smallest absolute Gasteiger partial charge is 0.225 e. The van der Waals surface area contributed by atoms with Crippen LogP contribution < -0.4 is 0 Å². The Morgan fingerprint density at radius 2 is 1.80 bits per heavy atom. The number of carbonyl (C=O) groups is 1. The molecule has 1 amide bonds. The fourth-order valence-corrected chi connectivity index (χ4v) is 4.18. The molecule has 25 heavy (non-hydrogen) atoms. The van der Waals surface area contributed by atoms with Crippen molar-refractivity contribution in [3.8, 4) is 11.4 Å². The van der Waals surface area contributed by atoms with E-state index in [-0.39, 0.29) is 5.92 Å². The van der Waals surface area contributed by atoms with Gasteiger partial charge in [0.2, 0.25) is 5.91 Å². The summed E-state index contributed by atoms with van der Waals surface area (Å²) in [6, 6.07) is 12.1. The number of benzene rings is 1. The van der Waals surface area contributed by atoms with Crippen molar-refractivity contribution in [1.82, 2.24) is 14.9 Å². The Morgan fingerprint density at radius 3 is 2.60 bits per heavy atom. The lowest BCUT2D eigenvalue weighted by atomic mass is 9.93. The summed E-state index contributed by atoms with van der Waals surface area (Å²) in [6.07, 6.45) is 8.58. The van der Waals surface area contributed by atoms with Crippen LogP contribution in [0.4, 0.5) is 0 Å². The van der Waals surface area contributed by atoms with Crippen molar-refractivity contribution < 1.29 is 4.79 Å². The SMILES string of the molecule is O=C(C1CCCC1)N1CCCC(c2ccnc(-c3ccccc3)n2)C1. The second kappa shape index (κ2) is 7.34. The fraction of sp³-hybridized carbons (Fsp3) is 0.476. The maximum absolute atomic E-state index is 12.8. The molecule has 0 bridgehead atoms. The summed E-state index contributed by atoms with van der Waals surface area (Å²) in [4.78, 5) is 24.1. The molecule has 4 rings (SSSR count). The third-order valence-corrected chi connectivity index (χ3v) is 5.56. The molecule has 0 spiro atoms. The van der Waals surface area contributed by atoms with Gasteiger partial charge in [0.1, 0.15) is 0 Å². The van der Waals surface area contributed by atoms with E-state index in [2.05, 4.69) is 9.88 Å². The van der Waals surface area contributed by atoms with Gasteiger partial charge in [0, 0.05) is 42.4 Å². The highest BCUT2D eigenvalue weighted by Crippen LogP contribution is 2.31. The number of carbonyl (C=O) groups excluding carboxylic acids is 1. The second-order valence-corrected chi connectivity index (χ2v) is 7.28. The number of rotatable bonds is 3. The van der Waals surface area contributed by atoms with E-state index in [0.717, 1.165) is 55.9 Å². The number of aromatic nitrogens is 2. The predicted octanol–water partition coefficient (Wildman–Crippen LogP) is 4.04. The highest BCUT2D eigenvalue weighted by molar-refractivity contribution is 5.79. The first-order valence-electron chi connectivity index (χ1n) is 9.48. The zero-order valence-corrected chi connectivity index (χ0v) is 14.6. The Balaban J connectivity index is 1.50. The van der Waals surface area contributed by atoms with Gasteiger partial charge in [-0.3, -0.25) is 4.79 Å². The van der Waals surface area contributed by atoms with Gasteiger partial charge in [-0.25, -0.2) is 9.97 Å². The van der Waals surface area contributed by atoms with Gasteiger partial charge in [-0.2, -0.15) is 0 Å². The molecule has 2 heterocycles. The van der Waals surface area contributed by atoms with Crippen molar-refractivity contribution in [1.29, 1.82) is 0 Å². The van der Waals surface area contributed by atoms with Crippen LogP contribution >= 0.6 is 0 Å². The minimum atomic E-state index is 0.268. The molecule has 1 saturated heterocycles. The van der Waals surface area contributed by atoms with Crippen LogP contribution in [0.15, 0.2) is 42.6 Å². The summed E-state index contributed by atoms with van der Waals surface area (Å²) in [5.41, 5.74) is 2.11. The lowest BCUT2D eigenvalue weighted by Gasteiger charge is -2.34. The van der Waals surface area contributed by atoms with Gasteiger partial charge >= 0.3 is 0 Å². The first kappa shape index (κ1) is 16.2. The monoisotopic (exact) mass is 335 g/mol. The Hall–Kier alpha value is -2.23. The lowest BCUT2D eigenvalue weighted by Crippen LogP contribution is -2.42. The minimum absolute atomic E-state index is 0.268. The molecule has 4 heteroatoms. The van der Waals surface area contributed by atoms with Crippen LogP contribution in [0.1, 0.15) is 50.1 Å². The van der Waals surface area contributed by atoms with Crippen molar-refractivity contribution in [2.75, 3.05) is 13.1 Å². The van der Waals surface area contributed by atoms with Crippen LogP contribution in [0.3, 0.4) is 0 Å². The average molecular weight is 335 g/mol. The molecule has 130 valence electrons. The van der Waals surface area contributed by atoms with Crippen molar-refractivity contribution in [3.63, 3.8) is 0 Å². The summed E-state index contributed by atoms with van der Waals surface area (Å²) in [7, 11) is 0. The van der Waals surface area contributed by atoms with Gasteiger partial charge in [-0.1, -0.05) is 43.2 Å². The summed E-state index contributed by atoms with van der Waals surface area (Å²) in [6.45, 7) is 1.71. The molecule has 2 aliphatic rings. The summed E-state index contributed by atoms with van der Waals surface area (Å²) < 4.78 is 0. The highest BCUT2D eigenvalue weighted by Gasteiger charge is 2.31. The van der Waals surface area contributed by atoms with Crippen molar-refractivity contribution in [2.24, 2.45) is 5.92 Å². The first-order chi connectivity index (χ1) is 12.3. The molecule has 1 aromatic heterocycles. The molecule has 1 aliphatic heterocycles. The van der Waals surface area contributed by atoms with E-state index < -0.39 is 0 Å². The standard InChI is InChI=1S/C21H25N3O/c25-21(17-9-4-5-10-17)24-14-6-11-18(15-24)19-12-13-22-20(23-19)16-7-2-1-3-8-16/h1-3,7-8,12-13,17-18H,4-6,9-11,14-15H2. The number of amides is 1. The number of hydrogen-bond acceptors (Lipinski definition) is 3. The fourth-order valence-electron chi connectivity index (χ4n) is 4.18. The topological polar surface area (TPSA) is 46.1 Å². The quantitative estimate of drug-likeness (QED) is 0.850. The zero-order chi connectivity index (χ0) is 17.1. The van der Waals surface area contributed by atoms with Crippen LogP contribution in [0.5, 0.6) is 0 Å². The van der Waals surface area contributed by atoms with Crippen LogP contribution in [0.25, 0.3) is 11.4 Å². The average Bonchev–Trinajstić information content (AvgIpc) is 3.23. The minimum Gasteiger partial charge on any atom is -0.342 e. The third-order valence-electron chi connectivity index (χ3n) is 5.56. The molecule has 1 saturated carbocycles. The van der Waals surface area contributed by atoms with Crippen molar-refractivity contribution in [3.05, 3.63) is 48.3 Å². The normalized spacial score (nSPS) is 21.4. The largest absolute Gasteiger partial charge is 0.342 e. The second-order valence-electron chi connectivity index (χ2n) is 7.28. The maximum Gasteiger partial charge on any atom is 0.225 e. The Kier molecular flexibility index (Phi) is 4.77. The van der Waals surface area contributed by atoms with E-state index in [0.29, 0.717) is 11.8 Å². The van der Waals surface area contributed by atoms with Crippen LogP contribution in [0, 0.1) is 5.92 Å². The Bertz CT molecular complexity index is 725. The van der Waals surface area contributed by atoms with Gasteiger partial charge < -0.3 is 4.90 Å². The molecular formula is C21H25N3O. The van der Waals surface area contributed by atoms with Gasteiger partial charge in [0.25, 0.3) is 0 Å². The molecule has 1 aromatic carbocycles. The number of likely N-dealkylation sites (tertiary alicyclic amines) is 1. The van der Waals surface area contributed by atoms with Gasteiger partial charge in [0.05, 0.1) is 0 Å². The van der Waals surface area contributed by atoms with E-state index >= 15 is 0 Å². The van der Waals surface area contributed by atoms with E-state index in [1.807, 2.05) is 42.6 Å². The molecule has 1 aliphatic carbocycles. The van der Waals surface area contributed by atoms with Crippen LogP contribution in [0.2, 0.25) is 0 Å². The number of nitrogens with zero attached hydrogens (tertiary/aromatic N) is 3. The molecule has 2 fully saturated rings. The summed E-state index contributed by atoms with van der Waals surface area (Å²) in [5, 5.41) is 0. The van der Waals surface area contributed by atoms with Crippen molar-refractivity contribution >= 4 is 5.91 Å². The van der Waals surface area contributed by atoms with Crippen LogP contribution in [-0.2, 0) is 4.79 Å². The molecule has 1 unspecified atom stereocenters. The molecule has 4 nitrogen and oxygen atoms in total. The van der Waals surface area contributed by atoms with E-state index in [9.17, 15) is 4.79 Å². The molecule has 0 N–H and O–H groups in total.